The Hall–Kier alpha value is -1.35. The molecule has 3 nitrogen and oxygen atoms in total. The van der Waals surface area contributed by atoms with Gasteiger partial charge in [0.2, 0.25) is 0 Å². The molecular formula is C11H14O3. The second kappa shape index (κ2) is 4.77. The summed E-state index contributed by atoms with van der Waals surface area (Å²) in [6.45, 7) is 1.43. The number of ketones is 1. The summed E-state index contributed by atoms with van der Waals surface area (Å²) in [6.07, 6.45) is 1.64. The number of hydrogen-bond donors (Lipinski definition) is 2. The Morgan fingerprint density at radius 1 is 1.43 bits per heavy atom. The monoisotopic (exact) mass is 194 g/mol. The van der Waals surface area contributed by atoms with Gasteiger partial charge in [0.25, 0.3) is 0 Å². The van der Waals surface area contributed by atoms with Gasteiger partial charge in [-0.25, -0.2) is 0 Å². The van der Waals surface area contributed by atoms with E-state index in [1.807, 2.05) is 6.92 Å². The summed E-state index contributed by atoms with van der Waals surface area (Å²) in [7, 11) is 0. The minimum absolute atomic E-state index is 0.00778. The molecule has 1 aromatic carbocycles. The van der Waals surface area contributed by atoms with Crippen LogP contribution in [0.3, 0.4) is 0 Å². The van der Waals surface area contributed by atoms with Gasteiger partial charge in [-0.15, -0.1) is 0 Å². The summed E-state index contributed by atoms with van der Waals surface area (Å²) >= 11 is 0. The highest BCUT2D eigenvalue weighted by molar-refractivity contribution is 5.99. The minimum Gasteiger partial charge on any atom is -0.507 e. The van der Waals surface area contributed by atoms with Crippen LogP contribution in [0.5, 0.6) is 5.75 Å². The molecular weight excluding hydrogens is 180 g/mol. The molecule has 0 heterocycles. The molecule has 0 fully saturated rings. The number of aliphatic hydroxyl groups is 1. The van der Waals surface area contributed by atoms with E-state index in [0.717, 1.165) is 18.4 Å². The van der Waals surface area contributed by atoms with Gasteiger partial charge in [-0.2, -0.15) is 0 Å². The summed E-state index contributed by atoms with van der Waals surface area (Å²) in [6, 6.07) is 5.02. The molecule has 0 saturated carbocycles. The number of hydrogen-bond acceptors (Lipinski definition) is 3. The first kappa shape index (κ1) is 10.7. The molecule has 0 atom stereocenters. The predicted molar refractivity (Wildman–Crippen MR) is 53.5 cm³/mol. The van der Waals surface area contributed by atoms with Crippen molar-refractivity contribution in [3.63, 3.8) is 0 Å². The van der Waals surface area contributed by atoms with E-state index in [1.165, 1.54) is 6.07 Å². The van der Waals surface area contributed by atoms with Crippen LogP contribution < -0.4 is 0 Å². The lowest BCUT2D eigenvalue weighted by Crippen LogP contribution is -2.05. The Kier molecular flexibility index (Phi) is 3.65. The fraction of sp³-hybridized carbons (Fsp3) is 0.364. The van der Waals surface area contributed by atoms with E-state index in [1.54, 1.807) is 12.1 Å². The zero-order chi connectivity index (χ0) is 10.6. The third-order valence-electron chi connectivity index (χ3n) is 2.08. The number of aromatic hydroxyl groups is 1. The first-order valence-corrected chi connectivity index (χ1v) is 4.65. The fourth-order valence-electron chi connectivity index (χ4n) is 1.37. The Labute approximate surface area is 83.0 Å². The molecule has 0 aliphatic heterocycles. The molecule has 0 amide bonds. The largest absolute Gasteiger partial charge is 0.507 e. The number of Topliss-reactive ketones (excluding diaryl/α,β-unsaturated/α-hetero) is 1. The topological polar surface area (TPSA) is 57.5 Å². The molecule has 0 aliphatic carbocycles. The normalized spacial score (nSPS) is 10.1. The number of phenols is 1. The SMILES string of the molecule is CCCc1cccc(C(=O)CO)c1O. The standard InChI is InChI=1S/C11H14O3/c1-2-4-8-5-3-6-9(11(8)14)10(13)7-12/h3,5-6,12,14H,2,4,7H2,1H3. The van der Waals surface area contributed by atoms with Crippen molar-refractivity contribution in [3.05, 3.63) is 29.3 Å². The van der Waals surface area contributed by atoms with Gasteiger partial charge in [0.15, 0.2) is 5.78 Å². The highest BCUT2D eigenvalue weighted by atomic mass is 16.3. The van der Waals surface area contributed by atoms with E-state index >= 15 is 0 Å². The zero-order valence-corrected chi connectivity index (χ0v) is 8.16. The van der Waals surface area contributed by atoms with Crippen LogP contribution in [-0.2, 0) is 6.42 Å². The van der Waals surface area contributed by atoms with Gasteiger partial charge in [-0.3, -0.25) is 4.79 Å². The number of para-hydroxylation sites is 1. The summed E-state index contributed by atoms with van der Waals surface area (Å²) < 4.78 is 0. The molecule has 0 unspecified atom stereocenters. The van der Waals surface area contributed by atoms with Gasteiger partial charge >= 0.3 is 0 Å². The Morgan fingerprint density at radius 3 is 2.71 bits per heavy atom. The third kappa shape index (κ3) is 2.12. The van der Waals surface area contributed by atoms with Crippen molar-refractivity contribution in [2.24, 2.45) is 0 Å². The maximum absolute atomic E-state index is 11.2. The van der Waals surface area contributed by atoms with Gasteiger partial charge in [-0.1, -0.05) is 25.5 Å². The molecule has 0 spiro atoms. The maximum atomic E-state index is 11.2. The average Bonchev–Trinajstić information content (AvgIpc) is 2.20. The smallest absolute Gasteiger partial charge is 0.191 e. The molecule has 1 aromatic rings. The quantitative estimate of drug-likeness (QED) is 0.714. The van der Waals surface area contributed by atoms with Crippen LogP contribution >= 0.6 is 0 Å². The number of aliphatic hydroxyl groups excluding tert-OH is 1. The van der Waals surface area contributed by atoms with Crippen molar-refractivity contribution < 1.29 is 15.0 Å². The number of aryl methyl sites for hydroxylation is 1. The lowest BCUT2D eigenvalue weighted by atomic mass is 10.0. The second-order valence-electron chi connectivity index (χ2n) is 3.14. The van der Waals surface area contributed by atoms with Crippen molar-refractivity contribution >= 4 is 5.78 Å². The third-order valence-corrected chi connectivity index (χ3v) is 2.08. The highest BCUT2D eigenvalue weighted by Crippen LogP contribution is 2.23. The average molecular weight is 194 g/mol. The van der Waals surface area contributed by atoms with Crippen LogP contribution in [0.4, 0.5) is 0 Å². The van der Waals surface area contributed by atoms with Crippen LogP contribution in [0.2, 0.25) is 0 Å². The van der Waals surface area contributed by atoms with Gasteiger partial charge in [0, 0.05) is 0 Å². The van der Waals surface area contributed by atoms with Gasteiger partial charge in [-0.05, 0) is 18.1 Å². The van der Waals surface area contributed by atoms with Crippen LogP contribution in [-0.4, -0.2) is 22.6 Å². The molecule has 0 radical (unpaired) electrons. The van der Waals surface area contributed by atoms with E-state index in [0.29, 0.717) is 0 Å². The molecule has 0 aromatic heterocycles. The van der Waals surface area contributed by atoms with Gasteiger partial charge in [0.1, 0.15) is 12.4 Å². The van der Waals surface area contributed by atoms with Crippen LogP contribution in [0.25, 0.3) is 0 Å². The van der Waals surface area contributed by atoms with E-state index in [4.69, 9.17) is 5.11 Å². The zero-order valence-electron chi connectivity index (χ0n) is 8.16. The van der Waals surface area contributed by atoms with Crippen LogP contribution in [0, 0.1) is 0 Å². The lowest BCUT2D eigenvalue weighted by molar-refractivity contribution is 0.0901. The molecule has 1 rings (SSSR count). The second-order valence-corrected chi connectivity index (χ2v) is 3.14. The van der Waals surface area contributed by atoms with E-state index in [2.05, 4.69) is 0 Å². The molecule has 76 valence electrons. The molecule has 14 heavy (non-hydrogen) atoms. The fourth-order valence-corrected chi connectivity index (χ4v) is 1.37. The summed E-state index contributed by atoms with van der Waals surface area (Å²) in [5, 5.41) is 18.4. The van der Waals surface area contributed by atoms with Crippen molar-refractivity contribution in [3.8, 4) is 5.75 Å². The molecule has 2 N–H and O–H groups in total. The molecule has 3 heteroatoms. The Morgan fingerprint density at radius 2 is 2.14 bits per heavy atom. The van der Waals surface area contributed by atoms with Crippen molar-refractivity contribution in [2.45, 2.75) is 19.8 Å². The highest BCUT2D eigenvalue weighted by Gasteiger charge is 2.12. The molecule has 0 saturated heterocycles. The van der Waals surface area contributed by atoms with E-state index < -0.39 is 12.4 Å². The first-order chi connectivity index (χ1) is 6.70. The minimum atomic E-state index is -0.566. The first-order valence-electron chi connectivity index (χ1n) is 4.65. The Balaban J connectivity index is 3.07. The van der Waals surface area contributed by atoms with Crippen molar-refractivity contribution in [1.29, 1.82) is 0 Å². The summed E-state index contributed by atoms with van der Waals surface area (Å²) in [5.74, 6) is -0.436. The van der Waals surface area contributed by atoms with Crippen LogP contribution in [0.1, 0.15) is 29.3 Å². The van der Waals surface area contributed by atoms with E-state index in [9.17, 15) is 9.90 Å². The van der Waals surface area contributed by atoms with Crippen molar-refractivity contribution in [1.82, 2.24) is 0 Å². The molecule has 0 bridgehead atoms. The summed E-state index contributed by atoms with van der Waals surface area (Å²) in [5.41, 5.74) is 0.963. The Bertz CT molecular complexity index is 331. The number of benzene rings is 1. The maximum Gasteiger partial charge on any atom is 0.191 e. The van der Waals surface area contributed by atoms with Gasteiger partial charge in [0.05, 0.1) is 5.56 Å². The summed E-state index contributed by atoms with van der Waals surface area (Å²) in [4.78, 5) is 11.2. The van der Waals surface area contributed by atoms with E-state index in [-0.39, 0.29) is 11.3 Å². The number of rotatable bonds is 4. The molecule has 0 aliphatic rings. The lowest BCUT2D eigenvalue weighted by Gasteiger charge is -2.06. The van der Waals surface area contributed by atoms with Crippen molar-refractivity contribution in [2.75, 3.05) is 6.61 Å². The van der Waals surface area contributed by atoms with Crippen LogP contribution in [0.15, 0.2) is 18.2 Å². The number of carbonyl (C=O) groups is 1. The van der Waals surface area contributed by atoms with Gasteiger partial charge < -0.3 is 10.2 Å². The number of carbonyl (C=O) groups excluding carboxylic acids is 1. The predicted octanol–water partition coefficient (Wildman–Crippen LogP) is 1.52. The number of phenolic OH excluding ortho intramolecular Hbond substituents is 1.